The molecule has 0 saturated heterocycles. The van der Waals surface area contributed by atoms with Gasteiger partial charge in [0.25, 0.3) is 0 Å². The van der Waals surface area contributed by atoms with E-state index in [4.69, 9.17) is 0 Å². The molecule has 0 amide bonds. The van der Waals surface area contributed by atoms with Crippen molar-refractivity contribution in [2.75, 3.05) is 0 Å². The molecular formula is C43H27I3O14. The van der Waals surface area contributed by atoms with Gasteiger partial charge in [0.05, 0.1) is 25.6 Å². The van der Waals surface area contributed by atoms with Gasteiger partial charge < -0.3 is 71.5 Å². The fourth-order valence-corrected chi connectivity index (χ4v) is 9.92. The molecular weight excluding hydrogens is 1120 g/mol. The van der Waals surface area contributed by atoms with Gasteiger partial charge in [-0.05, 0) is 103 Å². The number of fused-ring (bicyclic) bond motifs is 4. The summed E-state index contributed by atoms with van der Waals surface area (Å²) in [6.07, 6.45) is 1.35. The second-order valence-corrected chi connectivity index (χ2v) is 17.0. The van der Waals surface area contributed by atoms with Gasteiger partial charge in [-0.3, -0.25) is 0 Å². The van der Waals surface area contributed by atoms with Crippen LogP contribution in [0.15, 0.2) is 49.0 Å². The first kappa shape index (κ1) is 40.7. The van der Waals surface area contributed by atoms with E-state index >= 15 is 0 Å². The van der Waals surface area contributed by atoms with Crippen LogP contribution < -0.4 is 0 Å². The Labute approximate surface area is 377 Å². The van der Waals surface area contributed by atoms with Gasteiger partial charge in [0.15, 0.2) is 57.5 Å². The van der Waals surface area contributed by atoms with Crippen LogP contribution in [-0.4, -0.2) is 71.5 Å². The molecule has 0 spiro atoms. The van der Waals surface area contributed by atoms with Crippen molar-refractivity contribution in [3.63, 3.8) is 0 Å². The minimum Gasteiger partial charge on any atom is -0.507 e. The fourth-order valence-electron chi connectivity index (χ4n) is 7.87. The minimum absolute atomic E-state index is 0.00610. The summed E-state index contributed by atoms with van der Waals surface area (Å²) in [5, 5.41) is 160. The van der Waals surface area contributed by atoms with Crippen molar-refractivity contribution in [1.82, 2.24) is 0 Å². The van der Waals surface area contributed by atoms with Crippen LogP contribution in [0.4, 0.5) is 0 Å². The van der Waals surface area contributed by atoms with Gasteiger partial charge in [-0.15, -0.1) is 0 Å². The molecule has 14 N–H and O–H groups in total. The van der Waals surface area contributed by atoms with Crippen molar-refractivity contribution in [2.24, 2.45) is 0 Å². The number of aromatic hydroxyl groups is 14. The normalized spacial score (nSPS) is 11.7. The van der Waals surface area contributed by atoms with Crippen LogP contribution in [-0.2, 0) is 0 Å². The molecule has 14 nitrogen and oxygen atoms in total. The highest BCUT2D eigenvalue weighted by Crippen LogP contribution is 2.66. The highest BCUT2D eigenvalue weighted by Gasteiger charge is 2.37. The van der Waals surface area contributed by atoms with Crippen molar-refractivity contribution in [1.29, 1.82) is 0 Å². The molecule has 60 heavy (non-hydrogen) atoms. The predicted octanol–water partition coefficient (Wildman–Crippen LogP) is 9.94. The van der Waals surface area contributed by atoms with Gasteiger partial charge in [-0.1, -0.05) is 49.1 Å². The topological polar surface area (TPSA) is 283 Å². The summed E-state index contributed by atoms with van der Waals surface area (Å²) < 4.78 is 0.378. The number of benzene rings is 8. The highest BCUT2D eigenvalue weighted by atomic mass is 127. The van der Waals surface area contributed by atoms with Crippen LogP contribution >= 0.6 is 67.8 Å². The zero-order valence-electron chi connectivity index (χ0n) is 30.2. The lowest BCUT2D eigenvalue weighted by molar-refractivity contribution is 0.351. The first-order valence-corrected chi connectivity index (χ1v) is 20.4. The molecule has 0 fully saturated rings. The lowest BCUT2D eigenvalue weighted by Crippen LogP contribution is -1.99. The summed E-state index contributed by atoms with van der Waals surface area (Å²) in [4.78, 5) is 0. The number of phenolic OH excluding ortho intramolecular Hbond substituents is 14. The molecule has 0 aliphatic rings. The Morgan fingerprint density at radius 1 is 0.383 bits per heavy atom. The van der Waals surface area contributed by atoms with Crippen molar-refractivity contribution >= 4 is 117 Å². The Balaban J connectivity index is 1.63. The van der Waals surface area contributed by atoms with E-state index in [2.05, 4.69) is 6.58 Å². The van der Waals surface area contributed by atoms with Crippen molar-refractivity contribution < 1.29 is 71.5 Å². The third-order valence-corrected chi connectivity index (χ3v) is 15.3. The van der Waals surface area contributed by atoms with E-state index < -0.39 is 119 Å². The molecule has 304 valence electrons. The summed E-state index contributed by atoms with van der Waals surface area (Å²) in [5.74, 6) is -15.4. The first-order valence-electron chi connectivity index (χ1n) is 17.2. The first-order chi connectivity index (χ1) is 28.3. The second kappa shape index (κ2) is 14.0. The van der Waals surface area contributed by atoms with E-state index in [1.807, 2.05) is 34.7 Å². The van der Waals surface area contributed by atoms with E-state index in [0.717, 1.165) is 5.39 Å². The maximum Gasteiger partial charge on any atom is 0.204 e. The molecule has 8 aromatic rings. The average molecular weight is 1150 g/mol. The summed E-state index contributed by atoms with van der Waals surface area (Å²) in [6, 6.07) is 12.3. The van der Waals surface area contributed by atoms with Gasteiger partial charge >= 0.3 is 0 Å². The van der Waals surface area contributed by atoms with Gasteiger partial charge in [-0.2, -0.15) is 0 Å². The SMILES string of the molecule is C=Cc1c(I)c(C)c(O)c2c(-c3ccc4ccccc4c3)c3c(O)c(O)c(O)c(O)c3c(-c3c(O)c(O)c(-c4c(O)c(O)c5c(O)c(O)c(I)c(I)c5c4O)c(O)c3O)c12. The van der Waals surface area contributed by atoms with Gasteiger partial charge in [-0.25, -0.2) is 0 Å². The smallest absolute Gasteiger partial charge is 0.204 e. The Bertz CT molecular complexity index is 3300. The van der Waals surface area contributed by atoms with E-state index in [-0.39, 0.29) is 40.0 Å². The molecule has 0 aromatic heterocycles. The number of rotatable bonds is 4. The Morgan fingerprint density at radius 2 is 0.833 bits per heavy atom. The summed E-state index contributed by atoms with van der Waals surface area (Å²) in [7, 11) is 0. The highest BCUT2D eigenvalue weighted by molar-refractivity contribution is 14.1. The number of hydrogen-bond acceptors (Lipinski definition) is 14. The molecule has 0 heterocycles. The number of phenols is 14. The quantitative estimate of drug-likeness (QED) is 0.0338. The zero-order chi connectivity index (χ0) is 43.7. The second-order valence-electron chi connectivity index (χ2n) is 13.8. The fraction of sp³-hybridized carbons (Fsp3) is 0.0233. The lowest BCUT2D eigenvalue weighted by atomic mass is 9.80. The van der Waals surface area contributed by atoms with Gasteiger partial charge in [0.1, 0.15) is 11.5 Å². The van der Waals surface area contributed by atoms with Crippen molar-refractivity contribution in [3.8, 4) is 114 Å². The predicted molar refractivity (Wildman–Crippen MR) is 249 cm³/mol. The molecule has 0 aliphatic heterocycles. The maximum absolute atomic E-state index is 12.1. The van der Waals surface area contributed by atoms with Crippen molar-refractivity contribution in [2.45, 2.75) is 6.92 Å². The Hall–Kier alpha value is -6.07. The Morgan fingerprint density at radius 3 is 1.40 bits per heavy atom. The number of halogens is 3. The van der Waals surface area contributed by atoms with E-state index in [9.17, 15) is 71.5 Å². The summed E-state index contributed by atoms with van der Waals surface area (Å²) in [5.41, 5.74) is -2.67. The number of hydrogen-bond donors (Lipinski definition) is 14. The Kier molecular flexibility index (Phi) is 9.50. The zero-order valence-corrected chi connectivity index (χ0v) is 36.7. The van der Waals surface area contributed by atoms with E-state index in [0.29, 0.717) is 14.5 Å². The molecule has 17 heteroatoms. The monoisotopic (exact) mass is 1150 g/mol. The molecule has 0 aliphatic carbocycles. The van der Waals surface area contributed by atoms with E-state index in [1.165, 1.54) is 6.08 Å². The molecule has 8 rings (SSSR count). The lowest BCUT2D eigenvalue weighted by Gasteiger charge is -2.25. The molecule has 0 atom stereocenters. The van der Waals surface area contributed by atoms with Crippen LogP contribution in [0.1, 0.15) is 11.1 Å². The molecule has 8 aromatic carbocycles. The van der Waals surface area contributed by atoms with Crippen LogP contribution in [0.3, 0.4) is 0 Å². The van der Waals surface area contributed by atoms with Crippen LogP contribution in [0, 0.1) is 17.6 Å². The minimum atomic E-state index is -1.35. The average Bonchev–Trinajstić information content (AvgIpc) is 3.23. The van der Waals surface area contributed by atoms with Crippen LogP contribution in [0.25, 0.3) is 82.5 Å². The maximum atomic E-state index is 12.1. The van der Waals surface area contributed by atoms with Crippen molar-refractivity contribution in [3.05, 3.63) is 70.9 Å². The van der Waals surface area contributed by atoms with E-state index in [1.54, 1.807) is 82.4 Å². The summed E-state index contributed by atoms with van der Waals surface area (Å²) in [6.45, 7) is 5.50. The third-order valence-electron chi connectivity index (χ3n) is 10.7. The standard InChI is InChI=1S/C43H27I3O14/c1-3-15-17-18(23-34(51)38(55)26(39(56)35(23)52)25-31(48)22-24(36(53)37(25)54)40(57)41(58)29(46)28(22)45)21-20(32(49)42(59)43(60)33(21)50)16(19(17)30(47)11(2)27(15)44)14-9-8-12-6-4-5-7-13(12)10-14/h3-10,47-60H,1H2,2H3. The van der Waals surface area contributed by atoms with Gasteiger partial charge in [0.2, 0.25) is 11.5 Å². The third kappa shape index (κ3) is 5.27. The molecule has 0 unspecified atom stereocenters. The van der Waals surface area contributed by atoms with Gasteiger partial charge in [0, 0.05) is 50.8 Å². The largest absolute Gasteiger partial charge is 0.507 e. The van der Waals surface area contributed by atoms with Crippen LogP contribution in [0.5, 0.6) is 80.5 Å². The van der Waals surface area contributed by atoms with Crippen LogP contribution in [0.2, 0.25) is 0 Å². The molecule has 0 saturated carbocycles. The molecule has 0 bridgehead atoms. The molecule has 0 radical (unpaired) electrons. The summed E-state index contributed by atoms with van der Waals surface area (Å²) >= 11 is 5.20.